The molecule has 0 bridgehead atoms. The lowest BCUT2D eigenvalue weighted by atomic mass is 10.2. The van der Waals surface area contributed by atoms with Crippen LogP contribution in [0, 0.1) is 6.92 Å². The Labute approximate surface area is 139 Å². The Bertz CT molecular complexity index is 1000. The average molecular weight is 344 g/mol. The van der Waals surface area contributed by atoms with Gasteiger partial charge < -0.3 is 4.42 Å². The van der Waals surface area contributed by atoms with Gasteiger partial charge in [-0.05, 0) is 36.8 Å². The van der Waals surface area contributed by atoms with Crippen molar-refractivity contribution in [1.82, 2.24) is 9.71 Å². The molecule has 1 N–H and O–H groups in total. The molecule has 124 valence electrons. The quantitative estimate of drug-likeness (QED) is 0.719. The number of hydrogen-bond acceptors (Lipinski definition) is 5. The van der Waals surface area contributed by atoms with Gasteiger partial charge in [0.05, 0.1) is 4.90 Å². The lowest BCUT2D eigenvalue weighted by molar-refractivity contribution is 0.101. The molecule has 1 heterocycles. The Morgan fingerprint density at radius 3 is 2.54 bits per heavy atom. The second-order valence-corrected chi connectivity index (χ2v) is 7.21. The summed E-state index contributed by atoms with van der Waals surface area (Å²) in [5.41, 5.74) is 2.59. The van der Waals surface area contributed by atoms with Crippen LogP contribution in [0.3, 0.4) is 0 Å². The maximum atomic E-state index is 12.3. The molecule has 0 amide bonds. The van der Waals surface area contributed by atoms with E-state index in [1.807, 2.05) is 0 Å². The maximum absolute atomic E-state index is 12.3. The molecule has 0 aliphatic heterocycles. The van der Waals surface area contributed by atoms with Crippen molar-refractivity contribution < 1.29 is 17.6 Å². The van der Waals surface area contributed by atoms with E-state index >= 15 is 0 Å². The van der Waals surface area contributed by atoms with Crippen molar-refractivity contribution in [1.29, 1.82) is 0 Å². The first kappa shape index (κ1) is 16.4. The van der Waals surface area contributed by atoms with Crippen molar-refractivity contribution in [3.8, 4) is 0 Å². The van der Waals surface area contributed by atoms with Crippen LogP contribution < -0.4 is 4.72 Å². The van der Waals surface area contributed by atoms with Gasteiger partial charge in [-0.1, -0.05) is 18.2 Å². The molecule has 0 aliphatic carbocycles. The highest BCUT2D eigenvalue weighted by molar-refractivity contribution is 7.89. The molecule has 0 radical (unpaired) electrons. The van der Waals surface area contributed by atoms with Crippen LogP contribution in [-0.2, 0) is 16.6 Å². The number of hydrogen-bond donors (Lipinski definition) is 1. The van der Waals surface area contributed by atoms with Gasteiger partial charge in [0.1, 0.15) is 5.52 Å². The normalized spacial score (nSPS) is 11.8. The highest BCUT2D eigenvalue weighted by Crippen LogP contribution is 2.17. The van der Waals surface area contributed by atoms with Crippen LogP contribution in [0.1, 0.15) is 28.7 Å². The molecule has 7 heteroatoms. The summed E-state index contributed by atoms with van der Waals surface area (Å²) in [5, 5.41) is 0. The molecule has 3 rings (SSSR count). The molecule has 3 aromatic rings. The van der Waals surface area contributed by atoms with Gasteiger partial charge in [0.2, 0.25) is 10.0 Å². The average Bonchev–Trinajstić information content (AvgIpc) is 2.92. The van der Waals surface area contributed by atoms with Crippen LogP contribution in [0.25, 0.3) is 11.1 Å². The van der Waals surface area contributed by atoms with E-state index in [-0.39, 0.29) is 17.2 Å². The Morgan fingerprint density at radius 2 is 1.88 bits per heavy atom. The number of fused-ring (bicyclic) bond motifs is 1. The molecule has 0 saturated heterocycles. The summed E-state index contributed by atoms with van der Waals surface area (Å²) < 4.78 is 32.6. The Kier molecular flexibility index (Phi) is 4.21. The summed E-state index contributed by atoms with van der Waals surface area (Å²) in [6.45, 7) is 3.32. The second kappa shape index (κ2) is 6.18. The van der Waals surface area contributed by atoms with Crippen molar-refractivity contribution in [2.75, 3.05) is 0 Å². The zero-order chi connectivity index (χ0) is 17.3. The third kappa shape index (κ3) is 3.37. The number of carbonyl (C=O) groups is 1. The minimum absolute atomic E-state index is 0.109. The zero-order valence-corrected chi connectivity index (χ0v) is 14.1. The van der Waals surface area contributed by atoms with Gasteiger partial charge in [-0.25, -0.2) is 18.1 Å². The molecule has 0 saturated carbocycles. The van der Waals surface area contributed by atoms with Crippen LogP contribution in [0.5, 0.6) is 0 Å². The van der Waals surface area contributed by atoms with Crippen molar-refractivity contribution in [3.63, 3.8) is 0 Å². The zero-order valence-electron chi connectivity index (χ0n) is 13.2. The summed E-state index contributed by atoms with van der Waals surface area (Å²) in [4.78, 5) is 15.6. The number of aryl methyl sites for hydroxylation is 1. The fraction of sp³-hybridized carbons (Fsp3) is 0.176. The topological polar surface area (TPSA) is 89.3 Å². The van der Waals surface area contributed by atoms with Crippen LogP contribution >= 0.6 is 0 Å². The van der Waals surface area contributed by atoms with Crippen LogP contribution in [-0.4, -0.2) is 19.2 Å². The third-order valence-electron chi connectivity index (χ3n) is 3.60. The smallest absolute Gasteiger partial charge is 0.240 e. The standard InChI is InChI=1S/C17H16N2O4S/c1-11(20)14-4-6-15(7-5-14)24(21,22)18-10-13-3-8-16-17(9-13)23-12(2)19-16/h3-9,18H,10H2,1-2H3. The second-order valence-electron chi connectivity index (χ2n) is 5.44. The number of carbonyl (C=O) groups excluding carboxylic acids is 1. The van der Waals surface area contributed by atoms with Gasteiger partial charge in [-0.3, -0.25) is 4.79 Å². The molecule has 0 aliphatic rings. The van der Waals surface area contributed by atoms with Gasteiger partial charge in [0.25, 0.3) is 0 Å². The van der Waals surface area contributed by atoms with E-state index in [0.29, 0.717) is 17.0 Å². The van der Waals surface area contributed by atoms with Crippen LogP contribution in [0.4, 0.5) is 0 Å². The number of rotatable bonds is 5. The maximum Gasteiger partial charge on any atom is 0.240 e. The van der Waals surface area contributed by atoms with E-state index < -0.39 is 10.0 Å². The van der Waals surface area contributed by atoms with Gasteiger partial charge in [-0.2, -0.15) is 0 Å². The molecular weight excluding hydrogens is 328 g/mol. The summed E-state index contributed by atoms with van der Waals surface area (Å²) in [6, 6.07) is 11.2. The molecule has 0 unspecified atom stereocenters. The van der Waals surface area contributed by atoms with Gasteiger partial charge in [0.15, 0.2) is 17.3 Å². The molecule has 2 aromatic carbocycles. The van der Waals surface area contributed by atoms with Crippen molar-refractivity contribution in [2.45, 2.75) is 25.3 Å². The van der Waals surface area contributed by atoms with E-state index in [2.05, 4.69) is 9.71 Å². The number of sulfonamides is 1. The monoisotopic (exact) mass is 344 g/mol. The number of oxazole rings is 1. The van der Waals surface area contributed by atoms with E-state index in [4.69, 9.17) is 4.42 Å². The van der Waals surface area contributed by atoms with E-state index in [1.54, 1.807) is 25.1 Å². The number of aromatic nitrogens is 1. The largest absolute Gasteiger partial charge is 0.441 e. The minimum Gasteiger partial charge on any atom is -0.441 e. The molecule has 1 aromatic heterocycles. The summed E-state index contributed by atoms with van der Waals surface area (Å²) in [7, 11) is -3.66. The van der Waals surface area contributed by atoms with Gasteiger partial charge >= 0.3 is 0 Å². The predicted molar refractivity (Wildman–Crippen MR) is 89.2 cm³/mol. The number of benzene rings is 2. The lowest BCUT2D eigenvalue weighted by Crippen LogP contribution is -2.23. The van der Waals surface area contributed by atoms with E-state index in [1.165, 1.54) is 31.2 Å². The Morgan fingerprint density at radius 1 is 1.17 bits per heavy atom. The third-order valence-corrected chi connectivity index (χ3v) is 5.01. The first-order valence-corrected chi connectivity index (χ1v) is 8.80. The summed E-state index contributed by atoms with van der Waals surface area (Å²) in [6.07, 6.45) is 0. The molecule has 0 spiro atoms. The van der Waals surface area contributed by atoms with Gasteiger partial charge in [0, 0.05) is 19.0 Å². The fourth-order valence-corrected chi connectivity index (χ4v) is 3.34. The van der Waals surface area contributed by atoms with Crippen LogP contribution in [0.2, 0.25) is 0 Å². The number of nitrogens with one attached hydrogen (secondary N) is 1. The Hall–Kier alpha value is -2.51. The predicted octanol–water partition coefficient (Wildman–Crippen LogP) is 2.82. The highest BCUT2D eigenvalue weighted by atomic mass is 32.2. The van der Waals surface area contributed by atoms with E-state index in [9.17, 15) is 13.2 Å². The fourth-order valence-electron chi connectivity index (χ4n) is 2.32. The Balaban J connectivity index is 1.77. The lowest BCUT2D eigenvalue weighted by Gasteiger charge is -2.07. The first-order chi connectivity index (χ1) is 11.3. The molecule has 24 heavy (non-hydrogen) atoms. The summed E-state index contributed by atoms with van der Waals surface area (Å²) in [5.74, 6) is 0.454. The summed E-state index contributed by atoms with van der Waals surface area (Å²) >= 11 is 0. The van der Waals surface area contributed by atoms with Gasteiger partial charge in [-0.15, -0.1) is 0 Å². The molecule has 0 fully saturated rings. The van der Waals surface area contributed by atoms with Crippen LogP contribution in [0.15, 0.2) is 51.8 Å². The van der Waals surface area contributed by atoms with Crippen molar-refractivity contribution in [2.24, 2.45) is 0 Å². The minimum atomic E-state index is -3.66. The molecule has 0 atom stereocenters. The number of Topliss-reactive ketones (excluding diaryl/α,β-unsaturated/α-hetero) is 1. The van der Waals surface area contributed by atoms with E-state index in [0.717, 1.165) is 11.1 Å². The van der Waals surface area contributed by atoms with Crippen molar-refractivity contribution in [3.05, 3.63) is 59.5 Å². The number of ketones is 1. The van der Waals surface area contributed by atoms with Crippen molar-refractivity contribution >= 4 is 26.9 Å². The molecular formula is C17H16N2O4S. The SMILES string of the molecule is CC(=O)c1ccc(S(=O)(=O)NCc2ccc3nc(C)oc3c2)cc1. The number of nitrogens with zero attached hydrogens (tertiary/aromatic N) is 1. The first-order valence-electron chi connectivity index (χ1n) is 7.32. The highest BCUT2D eigenvalue weighted by Gasteiger charge is 2.14. The molecule has 6 nitrogen and oxygen atoms in total.